The molecule has 1 amide bonds. The third-order valence-corrected chi connectivity index (χ3v) is 2.36. The minimum absolute atomic E-state index is 0.0535. The first-order valence-electron chi connectivity index (χ1n) is 5.79. The minimum atomic E-state index is -0.375. The van der Waals surface area contributed by atoms with Crippen LogP contribution >= 0.6 is 0 Å². The van der Waals surface area contributed by atoms with Crippen LogP contribution in [0.5, 0.6) is 5.75 Å². The van der Waals surface area contributed by atoms with Crippen LogP contribution < -0.4 is 4.74 Å². The zero-order chi connectivity index (χ0) is 12.7. The summed E-state index contributed by atoms with van der Waals surface area (Å²) >= 11 is 0. The molecule has 1 aromatic rings. The molecule has 4 heteroatoms. The highest BCUT2D eigenvalue weighted by molar-refractivity contribution is 5.70. The number of aliphatic hydroxyl groups is 1. The lowest BCUT2D eigenvalue weighted by Crippen LogP contribution is -2.39. The van der Waals surface area contributed by atoms with Crippen LogP contribution in [0.2, 0.25) is 0 Å². The summed E-state index contributed by atoms with van der Waals surface area (Å²) in [5, 5.41) is 8.79. The summed E-state index contributed by atoms with van der Waals surface area (Å²) < 4.78 is 5.24. The summed E-state index contributed by atoms with van der Waals surface area (Å²) in [5.41, 5.74) is 0. The summed E-state index contributed by atoms with van der Waals surface area (Å²) in [7, 11) is 0. The Morgan fingerprint density at radius 3 is 2.53 bits per heavy atom. The molecule has 0 aliphatic carbocycles. The van der Waals surface area contributed by atoms with E-state index in [2.05, 4.69) is 0 Å². The Morgan fingerprint density at radius 1 is 1.35 bits per heavy atom. The number of rotatable bonds is 5. The molecule has 1 N–H and O–H groups in total. The first kappa shape index (κ1) is 13.5. The van der Waals surface area contributed by atoms with Crippen molar-refractivity contribution in [2.24, 2.45) is 0 Å². The number of para-hydroxylation sites is 1. The van der Waals surface area contributed by atoms with Crippen LogP contribution in [-0.4, -0.2) is 35.3 Å². The number of nitrogens with zero attached hydrogens (tertiary/aromatic N) is 1. The van der Waals surface area contributed by atoms with Crippen LogP contribution in [0.3, 0.4) is 0 Å². The number of amides is 1. The number of ether oxygens (including phenoxy) is 1. The van der Waals surface area contributed by atoms with Gasteiger partial charge >= 0.3 is 6.09 Å². The van der Waals surface area contributed by atoms with Gasteiger partial charge in [-0.3, -0.25) is 0 Å². The zero-order valence-corrected chi connectivity index (χ0v) is 10.3. The van der Waals surface area contributed by atoms with Crippen LogP contribution in [0.15, 0.2) is 30.3 Å². The highest BCUT2D eigenvalue weighted by Gasteiger charge is 2.18. The molecule has 0 bridgehead atoms. The maximum absolute atomic E-state index is 11.9. The van der Waals surface area contributed by atoms with Crippen molar-refractivity contribution in [3.05, 3.63) is 30.3 Å². The van der Waals surface area contributed by atoms with Gasteiger partial charge in [-0.2, -0.15) is 0 Å². The molecule has 0 saturated carbocycles. The lowest BCUT2D eigenvalue weighted by Gasteiger charge is -2.25. The predicted octanol–water partition coefficient (Wildman–Crippen LogP) is 2.28. The Balaban J connectivity index is 2.59. The molecular weight excluding hydrogens is 218 g/mol. The number of benzene rings is 1. The van der Waals surface area contributed by atoms with Crippen LogP contribution in [-0.2, 0) is 0 Å². The molecular formula is C13H19NO3. The average molecular weight is 237 g/mol. The van der Waals surface area contributed by atoms with E-state index in [1.807, 2.05) is 32.0 Å². The standard InChI is InChI=1S/C13H19NO3/c1-11(2)14(9-6-10-15)13(16)17-12-7-4-3-5-8-12/h3-5,7-8,11,15H,6,9-10H2,1-2H3. The maximum Gasteiger partial charge on any atom is 0.415 e. The largest absolute Gasteiger partial charge is 0.415 e. The van der Waals surface area contributed by atoms with Crippen molar-refractivity contribution in [1.82, 2.24) is 4.90 Å². The SMILES string of the molecule is CC(C)N(CCCO)C(=O)Oc1ccccc1. The van der Waals surface area contributed by atoms with Crippen molar-refractivity contribution in [3.63, 3.8) is 0 Å². The Labute approximate surface area is 102 Å². The second-order valence-corrected chi connectivity index (χ2v) is 4.05. The maximum atomic E-state index is 11.9. The number of hydrogen-bond donors (Lipinski definition) is 1. The van der Waals surface area contributed by atoms with E-state index in [0.29, 0.717) is 18.7 Å². The van der Waals surface area contributed by atoms with Crippen molar-refractivity contribution in [1.29, 1.82) is 0 Å². The molecule has 0 aromatic heterocycles. The van der Waals surface area contributed by atoms with Crippen molar-refractivity contribution in [2.45, 2.75) is 26.3 Å². The summed E-state index contributed by atoms with van der Waals surface area (Å²) in [6.07, 6.45) is 0.182. The quantitative estimate of drug-likeness (QED) is 0.854. The lowest BCUT2D eigenvalue weighted by molar-refractivity contribution is 0.133. The molecule has 0 aliphatic rings. The van der Waals surface area contributed by atoms with Gasteiger partial charge < -0.3 is 14.7 Å². The number of hydrogen-bond acceptors (Lipinski definition) is 3. The van der Waals surface area contributed by atoms with Gasteiger partial charge in [0.05, 0.1) is 0 Å². The second kappa shape index (κ2) is 6.91. The predicted molar refractivity (Wildman–Crippen MR) is 66.0 cm³/mol. The highest BCUT2D eigenvalue weighted by atomic mass is 16.6. The molecule has 0 fully saturated rings. The molecule has 0 aliphatic heterocycles. The molecule has 94 valence electrons. The van der Waals surface area contributed by atoms with E-state index in [9.17, 15) is 4.79 Å². The minimum Gasteiger partial charge on any atom is -0.410 e. The van der Waals surface area contributed by atoms with Crippen LogP contribution in [0.1, 0.15) is 20.3 Å². The third kappa shape index (κ3) is 4.44. The van der Waals surface area contributed by atoms with Crippen molar-refractivity contribution < 1.29 is 14.6 Å². The monoisotopic (exact) mass is 237 g/mol. The van der Waals surface area contributed by atoms with Gasteiger partial charge in [0.1, 0.15) is 5.75 Å². The smallest absolute Gasteiger partial charge is 0.410 e. The second-order valence-electron chi connectivity index (χ2n) is 4.05. The van der Waals surface area contributed by atoms with E-state index in [0.717, 1.165) is 0 Å². The van der Waals surface area contributed by atoms with Gasteiger partial charge in [-0.05, 0) is 32.4 Å². The normalized spacial score (nSPS) is 10.4. The molecule has 0 heterocycles. The van der Waals surface area contributed by atoms with Gasteiger partial charge in [0.15, 0.2) is 0 Å². The van der Waals surface area contributed by atoms with Crippen LogP contribution in [0.25, 0.3) is 0 Å². The van der Waals surface area contributed by atoms with E-state index >= 15 is 0 Å². The summed E-state index contributed by atoms with van der Waals surface area (Å²) in [6, 6.07) is 9.03. The summed E-state index contributed by atoms with van der Waals surface area (Å²) in [5.74, 6) is 0.534. The van der Waals surface area contributed by atoms with Crippen LogP contribution in [0, 0.1) is 0 Å². The van der Waals surface area contributed by atoms with Gasteiger partial charge in [-0.25, -0.2) is 4.79 Å². The van der Waals surface area contributed by atoms with Gasteiger partial charge in [0.2, 0.25) is 0 Å². The van der Waals surface area contributed by atoms with E-state index < -0.39 is 0 Å². The number of carbonyl (C=O) groups excluding carboxylic acids is 1. The lowest BCUT2D eigenvalue weighted by atomic mass is 10.3. The Bertz CT molecular complexity index is 338. The Kier molecular flexibility index (Phi) is 5.49. The fourth-order valence-electron chi connectivity index (χ4n) is 1.45. The highest BCUT2D eigenvalue weighted by Crippen LogP contribution is 2.11. The van der Waals surface area contributed by atoms with Crippen LogP contribution in [0.4, 0.5) is 4.79 Å². The first-order chi connectivity index (χ1) is 8.15. The molecule has 17 heavy (non-hydrogen) atoms. The van der Waals surface area contributed by atoms with E-state index in [1.54, 1.807) is 17.0 Å². The van der Waals surface area contributed by atoms with Crippen molar-refractivity contribution in [2.75, 3.05) is 13.2 Å². The van der Waals surface area contributed by atoms with E-state index in [1.165, 1.54) is 0 Å². The molecule has 0 saturated heterocycles. The number of carbonyl (C=O) groups is 1. The topological polar surface area (TPSA) is 49.8 Å². The molecule has 0 unspecified atom stereocenters. The first-order valence-corrected chi connectivity index (χ1v) is 5.79. The van der Waals surface area contributed by atoms with Crippen molar-refractivity contribution in [3.8, 4) is 5.75 Å². The Morgan fingerprint density at radius 2 is 2.00 bits per heavy atom. The number of aliphatic hydroxyl groups excluding tert-OH is 1. The fraction of sp³-hybridized carbons (Fsp3) is 0.462. The molecule has 0 atom stereocenters. The zero-order valence-electron chi connectivity index (χ0n) is 10.3. The molecule has 1 rings (SSSR count). The van der Waals surface area contributed by atoms with Gasteiger partial charge in [-0.15, -0.1) is 0 Å². The van der Waals surface area contributed by atoms with Crippen molar-refractivity contribution >= 4 is 6.09 Å². The third-order valence-electron chi connectivity index (χ3n) is 2.36. The molecule has 1 aromatic carbocycles. The van der Waals surface area contributed by atoms with E-state index in [-0.39, 0.29) is 18.7 Å². The molecule has 0 radical (unpaired) electrons. The molecule has 0 spiro atoms. The van der Waals surface area contributed by atoms with Gasteiger partial charge in [0.25, 0.3) is 0 Å². The van der Waals surface area contributed by atoms with E-state index in [4.69, 9.17) is 9.84 Å². The summed E-state index contributed by atoms with van der Waals surface area (Å²) in [4.78, 5) is 13.5. The Hall–Kier alpha value is -1.55. The summed E-state index contributed by atoms with van der Waals surface area (Å²) in [6.45, 7) is 4.41. The average Bonchev–Trinajstić information content (AvgIpc) is 2.30. The van der Waals surface area contributed by atoms with Gasteiger partial charge in [0, 0.05) is 19.2 Å². The van der Waals surface area contributed by atoms with Gasteiger partial charge in [-0.1, -0.05) is 18.2 Å². The fourth-order valence-corrected chi connectivity index (χ4v) is 1.45. The molecule has 4 nitrogen and oxygen atoms in total.